The normalized spacial score (nSPS) is 17.1. The van der Waals surface area contributed by atoms with Crippen molar-refractivity contribution < 1.29 is 0 Å². The van der Waals surface area contributed by atoms with Gasteiger partial charge in [0, 0.05) is 30.8 Å². The van der Waals surface area contributed by atoms with Gasteiger partial charge in [0.2, 0.25) is 0 Å². The van der Waals surface area contributed by atoms with Crippen LogP contribution in [0.5, 0.6) is 0 Å². The van der Waals surface area contributed by atoms with Gasteiger partial charge >= 0.3 is 0 Å². The highest BCUT2D eigenvalue weighted by molar-refractivity contribution is 4.93. The molecule has 2 aromatic heterocycles. The Bertz CT molecular complexity index is 420. The van der Waals surface area contributed by atoms with Crippen LogP contribution in [0.3, 0.4) is 0 Å². The molecule has 0 amide bonds. The van der Waals surface area contributed by atoms with E-state index in [1.165, 1.54) is 32.1 Å². The zero-order valence-electron chi connectivity index (χ0n) is 11.2. The first-order valence-corrected chi connectivity index (χ1v) is 7.12. The Kier molecular flexibility index (Phi) is 3.93. The minimum Gasteiger partial charge on any atom is -0.348 e. The molecule has 0 radical (unpaired) electrons. The van der Waals surface area contributed by atoms with Gasteiger partial charge in [-0.15, -0.1) is 0 Å². The van der Waals surface area contributed by atoms with Gasteiger partial charge in [0.05, 0.1) is 13.1 Å². The first-order chi connectivity index (χ1) is 9.42. The van der Waals surface area contributed by atoms with Gasteiger partial charge < -0.3 is 9.97 Å². The maximum Gasteiger partial charge on any atom is 0.120 e. The molecule has 0 atom stereocenters. The molecule has 2 N–H and O–H groups in total. The predicted molar refractivity (Wildman–Crippen MR) is 73.3 cm³/mol. The first kappa shape index (κ1) is 12.4. The molecule has 5 heteroatoms. The summed E-state index contributed by atoms with van der Waals surface area (Å²) >= 11 is 0. The topological polar surface area (TPSA) is 60.6 Å². The molecule has 0 spiro atoms. The van der Waals surface area contributed by atoms with Crippen molar-refractivity contribution in [2.75, 3.05) is 0 Å². The van der Waals surface area contributed by atoms with Crippen LogP contribution in [-0.4, -0.2) is 30.9 Å². The predicted octanol–water partition coefficient (Wildman–Crippen LogP) is 2.47. The van der Waals surface area contributed by atoms with Crippen LogP contribution in [0.2, 0.25) is 0 Å². The monoisotopic (exact) mass is 259 g/mol. The van der Waals surface area contributed by atoms with Crippen molar-refractivity contribution in [1.82, 2.24) is 24.8 Å². The number of rotatable bonds is 5. The van der Waals surface area contributed by atoms with E-state index < -0.39 is 0 Å². The summed E-state index contributed by atoms with van der Waals surface area (Å²) in [6.45, 7) is 1.75. The SMILES string of the molecule is c1c[nH]c(CN(Cc2ncc[nH]2)C2CCCCC2)n1. The Morgan fingerprint density at radius 1 is 0.947 bits per heavy atom. The number of H-pyrrole nitrogens is 2. The fourth-order valence-corrected chi connectivity index (χ4v) is 2.91. The van der Waals surface area contributed by atoms with Crippen molar-refractivity contribution in [1.29, 1.82) is 0 Å². The minimum atomic E-state index is 0.656. The molecule has 5 nitrogen and oxygen atoms in total. The Balaban J connectivity index is 1.70. The highest BCUT2D eigenvalue weighted by Crippen LogP contribution is 2.24. The lowest BCUT2D eigenvalue weighted by Crippen LogP contribution is -2.36. The van der Waals surface area contributed by atoms with Crippen LogP contribution in [0.1, 0.15) is 43.8 Å². The van der Waals surface area contributed by atoms with Crippen LogP contribution in [0, 0.1) is 0 Å². The van der Waals surface area contributed by atoms with E-state index in [4.69, 9.17) is 0 Å². The third kappa shape index (κ3) is 3.23. The standard InChI is InChI=1S/C14H21N5/c1-2-4-12(5-3-1)19(10-13-15-6-7-16-13)11-14-17-8-9-18-14/h6-9,12H,1-5,10-11H2,(H,15,16)(H,17,18). The second kappa shape index (κ2) is 6.02. The fourth-order valence-electron chi connectivity index (χ4n) is 2.91. The van der Waals surface area contributed by atoms with Crippen molar-refractivity contribution in [2.24, 2.45) is 0 Å². The summed E-state index contributed by atoms with van der Waals surface area (Å²) < 4.78 is 0. The Hall–Kier alpha value is -1.62. The smallest absolute Gasteiger partial charge is 0.120 e. The number of aromatic nitrogens is 4. The molecular formula is C14H21N5. The molecule has 0 bridgehead atoms. The number of aromatic amines is 2. The maximum atomic E-state index is 4.35. The summed E-state index contributed by atoms with van der Waals surface area (Å²) in [6.07, 6.45) is 14.1. The van der Waals surface area contributed by atoms with Gasteiger partial charge in [-0.05, 0) is 12.8 Å². The number of hydrogen-bond donors (Lipinski definition) is 2. The molecule has 3 rings (SSSR count). The van der Waals surface area contributed by atoms with E-state index in [0.717, 1.165) is 24.7 Å². The Morgan fingerprint density at radius 3 is 2.00 bits per heavy atom. The summed E-state index contributed by atoms with van der Waals surface area (Å²) in [7, 11) is 0. The van der Waals surface area contributed by atoms with Crippen molar-refractivity contribution >= 4 is 0 Å². The molecule has 2 aromatic rings. The van der Waals surface area contributed by atoms with E-state index in [-0.39, 0.29) is 0 Å². The molecule has 1 saturated carbocycles. The van der Waals surface area contributed by atoms with E-state index in [2.05, 4.69) is 24.8 Å². The number of nitrogens with zero attached hydrogens (tertiary/aromatic N) is 3. The van der Waals surface area contributed by atoms with Gasteiger partial charge in [0.15, 0.2) is 0 Å². The van der Waals surface area contributed by atoms with Gasteiger partial charge in [0.1, 0.15) is 11.6 Å². The Labute approximate surface area is 113 Å². The molecule has 0 aliphatic heterocycles. The van der Waals surface area contributed by atoms with Crippen LogP contribution in [-0.2, 0) is 13.1 Å². The second-order valence-corrected chi connectivity index (χ2v) is 5.27. The van der Waals surface area contributed by atoms with Crippen molar-refractivity contribution in [2.45, 2.75) is 51.2 Å². The molecule has 19 heavy (non-hydrogen) atoms. The molecule has 1 aliphatic carbocycles. The average Bonchev–Trinajstić information content (AvgIpc) is 3.12. The zero-order valence-corrected chi connectivity index (χ0v) is 11.2. The lowest BCUT2D eigenvalue weighted by Gasteiger charge is -2.33. The maximum absolute atomic E-state index is 4.35. The van der Waals surface area contributed by atoms with E-state index in [0.29, 0.717) is 6.04 Å². The van der Waals surface area contributed by atoms with Gasteiger partial charge in [-0.25, -0.2) is 9.97 Å². The van der Waals surface area contributed by atoms with Crippen molar-refractivity contribution in [3.63, 3.8) is 0 Å². The van der Waals surface area contributed by atoms with Crippen LogP contribution in [0.15, 0.2) is 24.8 Å². The molecule has 2 heterocycles. The second-order valence-electron chi connectivity index (χ2n) is 5.27. The summed E-state index contributed by atoms with van der Waals surface area (Å²) in [6, 6.07) is 0.656. The van der Waals surface area contributed by atoms with E-state index in [1.807, 2.05) is 24.8 Å². The van der Waals surface area contributed by atoms with E-state index in [1.54, 1.807) is 0 Å². The highest BCUT2D eigenvalue weighted by atomic mass is 15.2. The number of imidazole rings is 2. The molecule has 0 unspecified atom stereocenters. The van der Waals surface area contributed by atoms with Crippen molar-refractivity contribution in [3.05, 3.63) is 36.4 Å². The van der Waals surface area contributed by atoms with Gasteiger partial charge in [0.25, 0.3) is 0 Å². The molecule has 1 aliphatic rings. The fraction of sp³-hybridized carbons (Fsp3) is 0.571. The van der Waals surface area contributed by atoms with E-state index >= 15 is 0 Å². The third-order valence-electron chi connectivity index (χ3n) is 3.91. The third-order valence-corrected chi connectivity index (χ3v) is 3.91. The molecule has 102 valence electrons. The first-order valence-electron chi connectivity index (χ1n) is 7.12. The lowest BCUT2D eigenvalue weighted by atomic mass is 9.94. The highest BCUT2D eigenvalue weighted by Gasteiger charge is 2.22. The van der Waals surface area contributed by atoms with Gasteiger partial charge in [-0.3, -0.25) is 4.90 Å². The quantitative estimate of drug-likeness (QED) is 0.867. The summed E-state index contributed by atoms with van der Waals surface area (Å²) in [5, 5.41) is 0. The van der Waals surface area contributed by atoms with Crippen LogP contribution < -0.4 is 0 Å². The minimum absolute atomic E-state index is 0.656. The van der Waals surface area contributed by atoms with Gasteiger partial charge in [-0.1, -0.05) is 19.3 Å². The van der Waals surface area contributed by atoms with Gasteiger partial charge in [-0.2, -0.15) is 0 Å². The molecule has 0 aromatic carbocycles. The van der Waals surface area contributed by atoms with Crippen LogP contribution in [0.25, 0.3) is 0 Å². The van der Waals surface area contributed by atoms with Crippen LogP contribution >= 0.6 is 0 Å². The summed E-state index contributed by atoms with van der Waals surface area (Å²) in [5.41, 5.74) is 0. The summed E-state index contributed by atoms with van der Waals surface area (Å²) in [4.78, 5) is 17.6. The molecule has 0 saturated heterocycles. The largest absolute Gasteiger partial charge is 0.348 e. The number of nitrogens with one attached hydrogen (secondary N) is 2. The van der Waals surface area contributed by atoms with E-state index in [9.17, 15) is 0 Å². The molecule has 1 fully saturated rings. The van der Waals surface area contributed by atoms with Crippen molar-refractivity contribution in [3.8, 4) is 0 Å². The lowest BCUT2D eigenvalue weighted by molar-refractivity contribution is 0.133. The van der Waals surface area contributed by atoms with Crippen LogP contribution in [0.4, 0.5) is 0 Å². The Morgan fingerprint density at radius 2 is 1.53 bits per heavy atom. The molecular weight excluding hydrogens is 238 g/mol. The zero-order chi connectivity index (χ0) is 12.9. The average molecular weight is 259 g/mol. The summed E-state index contributed by atoms with van der Waals surface area (Å²) in [5.74, 6) is 2.08. The number of hydrogen-bond acceptors (Lipinski definition) is 3.